The van der Waals surface area contributed by atoms with Crippen molar-refractivity contribution in [1.29, 1.82) is 0 Å². The summed E-state index contributed by atoms with van der Waals surface area (Å²) in [5.74, 6) is -0.309. The number of carbonyl (C=O) groups is 1. The van der Waals surface area contributed by atoms with E-state index in [4.69, 9.17) is 5.73 Å². The molecule has 0 aromatic carbocycles. The van der Waals surface area contributed by atoms with E-state index in [2.05, 4.69) is 15.2 Å². The fraction of sp³-hybridized carbons (Fsp3) is 0.600. The van der Waals surface area contributed by atoms with Crippen molar-refractivity contribution in [3.63, 3.8) is 0 Å². The summed E-state index contributed by atoms with van der Waals surface area (Å²) in [6.45, 7) is 5.40. The molecule has 16 heavy (non-hydrogen) atoms. The van der Waals surface area contributed by atoms with Crippen molar-refractivity contribution in [2.45, 2.75) is 13.0 Å². The van der Waals surface area contributed by atoms with Gasteiger partial charge in [-0.05, 0) is 6.92 Å². The Morgan fingerprint density at radius 2 is 2.31 bits per heavy atom. The summed E-state index contributed by atoms with van der Waals surface area (Å²) in [5, 5.41) is 6.02. The first-order valence-electron chi connectivity index (χ1n) is 5.34. The van der Waals surface area contributed by atoms with Crippen molar-refractivity contribution in [2.75, 3.05) is 26.2 Å². The summed E-state index contributed by atoms with van der Waals surface area (Å²) in [6.07, 6.45) is 0. The van der Waals surface area contributed by atoms with E-state index >= 15 is 0 Å². The molecule has 6 heteroatoms. The quantitative estimate of drug-likeness (QED) is 0.773. The van der Waals surface area contributed by atoms with Crippen LogP contribution in [-0.4, -0.2) is 42.0 Å². The molecule has 1 aliphatic rings. The third-order valence-corrected chi connectivity index (χ3v) is 3.67. The van der Waals surface area contributed by atoms with Crippen LogP contribution in [0.2, 0.25) is 0 Å². The summed E-state index contributed by atoms with van der Waals surface area (Å²) in [7, 11) is 0. The van der Waals surface area contributed by atoms with Gasteiger partial charge in [0.15, 0.2) is 0 Å². The SMILES string of the molecule is Cc1csc(C(C(N)=O)N2CCNCC2)n1. The molecule has 0 bridgehead atoms. The Kier molecular flexibility index (Phi) is 3.52. The van der Waals surface area contributed by atoms with Crippen LogP contribution in [0.25, 0.3) is 0 Å². The summed E-state index contributed by atoms with van der Waals surface area (Å²) in [5.41, 5.74) is 6.42. The molecule has 0 radical (unpaired) electrons. The summed E-state index contributed by atoms with van der Waals surface area (Å²) in [4.78, 5) is 18.0. The van der Waals surface area contributed by atoms with Crippen LogP contribution in [0.15, 0.2) is 5.38 Å². The van der Waals surface area contributed by atoms with Gasteiger partial charge in [0, 0.05) is 37.3 Å². The maximum absolute atomic E-state index is 11.5. The third-order valence-electron chi connectivity index (χ3n) is 2.66. The summed E-state index contributed by atoms with van der Waals surface area (Å²) < 4.78 is 0. The minimum Gasteiger partial charge on any atom is -0.368 e. The van der Waals surface area contributed by atoms with Crippen molar-refractivity contribution in [2.24, 2.45) is 5.73 Å². The monoisotopic (exact) mass is 240 g/mol. The molecule has 1 amide bonds. The van der Waals surface area contributed by atoms with Gasteiger partial charge in [-0.2, -0.15) is 0 Å². The van der Waals surface area contributed by atoms with Crippen molar-refractivity contribution < 1.29 is 4.79 Å². The van der Waals surface area contributed by atoms with Gasteiger partial charge in [0.2, 0.25) is 5.91 Å². The fourth-order valence-corrected chi connectivity index (χ4v) is 2.83. The predicted molar refractivity (Wildman–Crippen MR) is 63.2 cm³/mol. The number of nitrogens with zero attached hydrogens (tertiary/aromatic N) is 2. The molecule has 0 spiro atoms. The van der Waals surface area contributed by atoms with Gasteiger partial charge >= 0.3 is 0 Å². The van der Waals surface area contributed by atoms with Crippen molar-refractivity contribution in [1.82, 2.24) is 15.2 Å². The topological polar surface area (TPSA) is 71.2 Å². The van der Waals surface area contributed by atoms with E-state index in [-0.39, 0.29) is 11.9 Å². The van der Waals surface area contributed by atoms with Crippen molar-refractivity contribution >= 4 is 17.2 Å². The highest BCUT2D eigenvalue weighted by molar-refractivity contribution is 7.09. The molecule has 2 rings (SSSR count). The van der Waals surface area contributed by atoms with Crippen molar-refractivity contribution in [3.8, 4) is 0 Å². The number of amides is 1. The van der Waals surface area contributed by atoms with Crippen LogP contribution in [0.1, 0.15) is 16.7 Å². The highest BCUT2D eigenvalue weighted by Gasteiger charge is 2.29. The van der Waals surface area contributed by atoms with E-state index in [0.29, 0.717) is 0 Å². The Balaban J connectivity index is 2.19. The lowest BCUT2D eigenvalue weighted by Gasteiger charge is -2.31. The Bertz CT molecular complexity index is 373. The lowest BCUT2D eigenvalue weighted by molar-refractivity contribution is -0.123. The molecule has 1 fully saturated rings. The highest BCUT2D eigenvalue weighted by Crippen LogP contribution is 2.24. The second-order valence-electron chi connectivity index (χ2n) is 3.92. The standard InChI is InChI=1S/C10H16N4OS/c1-7-6-16-10(13-7)8(9(11)15)14-4-2-12-3-5-14/h6,8,12H,2-5H2,1H3,(H2,11,15). The van der Waals surface area contributed by atoms with E-state index in [9.17, 15) is 4.79 Å². The van der Waals surface area contributed by atoms with E-state index in [1.807, 2.05) is 12.3 Å². The zero-order valence-electron chi connectivity index (χ0n) is 9.27. The molecule has 3 N–H and O–H groups in total. The van der Waals surface area contributed by atoms with Gasteiger partial charge in [-0.1, -0.05) is 0 Å². The van der Waals surface area contributed by atoms with Crippen LogP contribution >= 0.6 is 11.3 Å². The fourth-order valence-electron chi connectivity index (χ4n) is 1.90. The Morgan fingerprint density at radius 3 is 2.81 bits per heavy atom. The van der Waals surface area contributed by atoms with Crippen LogP contribution in [0.3, 0.4) is 0 Å². The van der Waals surface area contributed by atoms with Crippen LogP contribution in [-0.2, 0) is 4.79 Å². The molecule has 0 saturated carbocycles. The number of thiazole rings is 1. The summed E-state index contributed by atoms with van der Waals surface area (Å²) in [6, 6.07) is -0.360. The molecule has 2 heterocycles. The largest absolute Gasteiger partial charge is 0.368 e. The molecule has 1 atom stereocenters. The first-order chi connectivity index (χ1) is 7.68. The van der Waals surface area contributed by atoms with Gasteiger partial charge in [-0.15, -0.1) is 11.3 Å². The maximum Gasteiger partial charge on any atom is 0.241 e. The Hall–Kier alpha value is -0.980. The van der Waals surface area contributed by atoms with E-state index < -0.39 is 0 Å². The first-order valence-corrected chi connectivity index (χ1v) is 6.22. The predicted octanol–water partition coefficient (Wildman–Crippen LogP) is -0.117. The number of nitrogens with one attached hydrogen (secondary N) is 1. The number of aromatic nitrogens is 1. The van der Waals surface area contributed by atoms with Crippen molar-refractivity contribution in [3.05, 3.63) is 16.1 Å². The minimum absolute atomic E-state index is 0.309. The normalized spacial score (nSPS) is 19.6. The molecular weight excluding hydrogens is 224 g/mol. The Morgan fingerprint density at radius 1 is 1.62 bits per heavy atom. The summed E-state index contributed by atoms with van der Waals surface area (Å²) >= 11 is 1.51. The number of piperazine rings is 1. The number of nitrogens with two attached hydrogens (primary N) is 1. The number of hydrogen-bond donors (Lipinski definition) is 2. The smallest absolute Gasteiger partial charge is 0.241 e. The second kappa shape index (κ2) is 4.90. The number of primary amides is 1. The number of rotatable bonds is 3. The van der Waals surface area contributed by atoms with E-state index in [1.165, 1.54) is 11.3 Å². The zero-order chi connectivity index (χ0) is 11.5. The lowest BCUT2D eigenvalue weighted by atomic mass is 10.2. The van der Waals surface area contributed by atoms with Crippen LogP contribution < -0.4 is 11.1 Å². The minimum atomic E-state index is -0.360. The van der Waals surface area contributed by atoms with Crippen LogP contribution in [0, 0.1) is 6.92 Å². The number of carbonyl (C=O) groups excluding carboxylic acids is 1. The van der Waals surface area contributed by atoms with Gasteiger partial charge in [0.25, 0.3) is 0 Å². The third kappa shape index (κ3) is 2.40. The first kappa shape index (κ1) is 11.5. The molecule has 5 nitrogen and oxygen atoms in total. The van der Waals surface area contributed by atoms with E-state index in [0.717, 1.165) is 36.9 Å². The van der Waals surface area contributed by atoms with Crippen LogP contribution in [0.4, 0.5) is 0 Å². The highest BCUT2D eigenvalue weighted by atomic mass is 32.1. The molecule has 1 aromatic heterocycles. The van der Waals surface area contributed by atoms with Gasteiger partial charge < -0.3 is 11.1 Å². The lowest BCUT2D eigenvalue weighted by Crippen LogP contribution is -2.48. The van der Waals surface area contributed by atoms with Crippen LogP contribution in [0.5, 0.6) is 0 Å². The average molecular weight is 240 g/mol. The average Bonchev–Trinajstić information content (AvgIpc) is 2.66. The zero-order valence-corrected chi connectivity index (χ0v) is 10.1. The number of hydrogen-bond acceptors (Lipinski definition) is 5. The molecule has 1 aliphatic heterocycles. The maximum atomic E-state index is 11.5. The van der Waals surface area contributed by atoms with Gasteiger partial charge in [0.1, 0.15) is 11.0 Å². The van der Waals surface area contributed by atoms with Gasteiger partial charge in [-0.25, -0.2) is 4.98 Å². The molecule has 0 aliphatic carbocycles. The Labute approximate surface area is 98.7 Å². The molecule has 1 unspecified atom stereocenters. The second-order valence-corrected chi connectivity index (χ2v) is 4.81. The molecule has 88 valence electrons. The number of aryl methyl sites for hydroxylation is 1. The molecule has 1 aromatic rings. The van der Waals surface area contributed by atoms with Gasteiger partial charge in [0.05, 0.1) is 0 Å². The van der Waals surface area contributed by atoms with E-state index in [1.54, 1.807) is 0 Å². The van der Waals surface area contributed by atoms with Gasteiger partial charge in [-0.3, -0.25) is 9.69 Å². The molecular formula is C10H16N4OS. The molecule has 1 saturated heterocycles.